The van der Waals surface area contributed by atoms with E-state index >= 15 is 0 Å². The molecule has 3 aromatic rings. The molecule has 0 atom stereocenters. The van der Waals surface area contributed by atoms with Gasteiger partial charge in [-0.1, -0.05) is 12.1 Å². The van der Waals surface area contributed by atoms with Crippen LogP contribution in [0.3, 0.4) is 0 Å². The average Bonchev–Trinajstić information content (AvgIpc) is 2.69. The summed E-state index contributed by atoms with van der Waals surface area (Å²) in [6, 6.07) is 12.1. The Balaban J connectivity index is 1.67. The van der Waals surface area contributed by atoms with Gasteiger partial charge in [-0.15, -0.1) is 0 Å². The molecule has 1 heterocycles. The van der Waals surface area contributed by atoms with Crippen molar-refractivity contribution in [2.45, 2.75) is 6.54 Å². The van der Waals surface area contributed by atoms with Gasteiger partial charge in [-0.2, -0.15) is 0 Å². The number of carbonyl (C=O) groups excluding carboxylic acids is 1. The van der Waals surface area contributed by atoms with Crippen molar-refractivity contribution in [1.82, 2.24) is 14.9 Å². The van der Waals surface area contributed by atoms with Crippen LogP contribution in [0.4, 0.5) is 0 Å². The Morgan fingerprint density at radius 1 is 1.12 bits per heavy atom. The molecule has 0 radical (unpaired) electrons. The highest BCUT2D eigenvalue weighted by molar-refractivity contribution is 5.94. The zero-order chi connectivity index (χ0) is 18.5. The third kappa shape index (κ3) is 3.51. The maximum absolute atomic E-state index is 12.4. The number of para-hydroxylation sites is 1. The van der Waals surface area contributed by atoms with Gasteiger partial charge in [-0.3, -0.25) is 14.2 Å². The Labute approximate surface area is 150 Å². The van der Waals surface area contributed by atoms with Crippen molar-refractivity contribution in [3.8, 4) is 11.5 Å². The summed E-state index contributed by atoms with van der Waals surface area (Å²) in [5.41, 5.74) is 0.978. The van der Waals surface area contributed by atoms with Crippen LogP contribution in [-0.2, 0) is 6.54 Å². The van der Waals surface area contributed by atoms with Crippen LogP contribution in [0.25, 0.3) is 10.9 Å². The van der Waals surface area contributed by atoms with Crippen molar-refractivity contribution >= 4 is 16.8 Å². The maximum atomic E-state index is 12.4. The molecule has 134 valence electrons. The highest BCUT2D eigenvalue weighted by atomic mass is 16.5. The number of amides is 1. The second-order valence-corrected chi connectivity index (χ2v) is 5.59. The number of ether oxygens (including phenoxy) is 2. The van der Waals surface area contributed by atoms with Gasteiger partial charge < -0.3 is 14.8 Å². The molecule has 0 fully saturated rings. The number of nitrogens with one attached hydrogen (secondary N) is 1. The first kappa shape index (κ1) is 17.5. The first-order chi connectivity index (χ1) is 12.6. The fourth-order valence-electron chi connectivity index (χ4n) is 2.63. The van der Waals surface area contributed by atoms with Crippen LogP contribution in [0.1, 0.15) is 10.4 Å². The number of hydrogen-bond acceptors (Lipinski definition) is 5. The standard InChI is InChI=1S/C19H19N3O4/c1-25-16-8-7-13(11-17(16)26-2)18(23)20-9-10-22-12-21-15-6-4-3-5-14(15)19(22)24/h3-8,11-12H,9-10H2,1-2H3,(H,20,23). The van der Waals surface area contributed by atoms with E-state index in [-0.39, 0.29) is 11.5 Å². The maximum Gasteiger partial charge on any atom is 0.261 e. The van der Waals surface area contributed by atoms with E-state index in [0.29, 0.717) is 41.1 Å². The molecule has 2 aromatic carbocycles. The molecule has 0 spiro atoms. The van der Waals surface area contributed by atoms with Crippen molar-refractivity contribution in [2.24, 2.45) is 0 Å². The summed E-state index contributed by atoms with van der Waals surface area (Å²) < 4.78 is 11.8. The van der Waals surface area contributed by atoms with Crippen molar-refractivity contribution in [1.29, 1.82) is 0 Å². The molecule has 0 aliphatic carbocycles. The van der Waals surface area contributed by atoms with Crippen LogP contribution < -0.4 is 20.3 Å². The first-order valence-corrected chi connectivity index (χ1v) is 8.08. The number of methoxy groups -OCH3 is 2. The van der Waals surface area contributed by atoms with Gasteiger partial charge in [0.25, 0.3) is 11.5 Å². The molecule has 0 aliphatic heterocycles. The van der Waals surface area contributed by atoms with Crippen LogP contribution in [0.2, 0.25) is 0 Å². The zero-order valence-corrected chi connectivity index (χ0v) is 14.6. The summed E-state index contributed by atoms with van der Waals surface area (Å²) in [6.07, 6.45) is 1.49. The first-order valence-electron chi connectivity index (χ1n) is 8.08. The normalized spacial score (nSPS) is 10.5. The van der Waals surface area contributed by atoms with E-state index in [9.17, 15) is 9.59 Å². The van der Waals surface area contributed by atoms with Gasteiger partial charge in [-0.05, 0) is 30.3 Å². The van der Waals surface area contributed by atoms with Gasteiger partial charge in [0.1, 0.15) is 0 Å². The number of fused-ring (bicyclic) bond motifs is 1. The van der Waals surface area contributed by atoms with Crippen molar-refractivity contribution < 1.29 is 14.3 Å². The Morgan fingerprint density at radius 2 is 1.88 bits per heavy atom. The summed E-state index contributed by atoms with van der Waals surface area (Å²) in [5, 5.41) is 3.35. The lowest BCUT2D eigenvalue weighted by Gasteiger charge is -2.11. The molecule has 26 heavy (non-hydrogen) atoms. The Morgan fingerprint density at radius 3 is 2.65 bits per heavy atom. The molecule has 0 aliphatic rings. The second kappa shape index (κ2) is 7.69. The fraction of sp³-hybridized carbons (Fsp3) is 0.211. The lowest BCUT2D eigenvalue weighted by Crippen LogP contribution is -2.31. The minimum Gasteiger partial charge on any atom is -0.493 e. The predicted molar refractivity (Wildman–Crippen MR) is 97.9 cm³/mol. The van der Waals surface area contributed by atoms with Crippen LogP contribution in [0.15, 0.2) is 53.6 Å². The summed E-state index contributed by atoms with van der Waals surface area (Å²) in [6.45, 7) is 0.628. The van der Waals surface area contributed by atoms with Gasteiger partial charge in [0.2, 0.25) is 0 Å². The highest BCUT2D eigenvalue weighted by Gasteiger charge is 2.10. The highest BCUT2D eigenvalue weighted by Crippen LogP contribution is 2.27. The number of nitrogens with zero attached hydrogens (tertiary/aromatic N) is 2. The average molecular weight is 353 g/mol. The van der Waals surface area contributed by atoms with Crippen LogP contribution >= 0.6 is 0 Å². The zero-order valence-electron chi connectivity index (χ0n) is 14.6. The molecule has 3 rings (SSSR count). The van der Waals surface area contributed by atoms with Gasteiger partial charge in [0.05, 0.1) is 31.4 Å². The van der Waals surface area contributed by atoms with E-state index < -0.39 is 0 Å². The lowest BCUT2D eigenvalue weighted by molar-refractivity contribution is 0.0951. The largest absolute Gasteiger partial charge is 0.493 e. The molecule has 0 saturated heterocycles. The Bertz CT molecular complexity index is 997. The van der Waals surface area contributed by atoms with Crippen LogP contribution in [0, 0.1) is 0 Å². The van der Waals surface area contributed by atoms with Crippen molar-refractivity contribution in [3.63, 3.8) is 0 Å². The van der Waals surface area contributed by atoms with E-state index in [1.807, 2.05) is 6.07 Å². The van der Waals surface area contributed by atoms with Crippen LogP contribution in [0.5, 0.6) is 11.5 Å². The predicted octanol–water partition coefficient (Wildman–Crippen LogP) is 1.84. The monoisotopic (exact) mass is 353 g/mol. The minimum atomic E-state index is -0.257. The van der Waals surface area contributed by atoms with Gasteiger partial charge in [0, 0.05) is 18.7 Å². The van der Waals surface area contributed by atoms with E-state index in [1.54, 1.807) is 36.4 Å². The lowest BCUT2D eigenvalue weighted by atomic mass is 10.2. The molecule has 0 unspecified atom stereocenters. The Kier molecular flexibility index (Phi) is 5.17. The SMILES string of the molecule is COc1ccc(C(=O)NCCn2cnc3ccccc3c2=O)cc1OC. The quantitative estimate of drug-likeness (QED) is 0.731. The molecule has 1 aromatic heterocycles. The summed E-state index contributed by atoms with van der Waals surface area (Å²) in [7, 11) is 3.05. The van der Waals surface area contributed by atoms with E-state index in [2.05, 4.69) is 10.3 Å². The van der Waals surface area contributed by atoms with Crippen molar-refractivity contribution in [2.75, 3.05) is 20.8 Å². The van der Waals surface area contributed by atoms with Gasteiger partial charge in [-0.25, -0.2) is 4.98 Å². The molecular weight excluding hydrogens is 334 g/mol. The third-order valence-corrected chi connectivity index (χ3v) is 4.02. The van der Waals surface area contributed by atoms with E-state index in [0.717, 1.165) is 0 Å². The van der Waals surface area contributed by atoms with E-state index in [4.69, 9.17) is 9.47 Å². The summed E-state index contributed by atoms with van der Waals surface area (Å²) in [4.78, 5) is 29.0. The number of hydrogen-bond donors (Lipinski definition) is 1. The third-order valence-electron chi connectivity index (χ3n) is 4.02. The summed E-state index contributed by atoms with van der Waals surface area (Å²) in [5.74, 6) is 0.778. The van der Waals surface area contributed by atoms with Gasteiger partial charge in [0.15, 0.2) is 11.5 Å². The Hall–Kier alpha value is -3.35. The molecule has 1 amide bonds. The molecular formula is C19H19N3O4. The topological polar surface area (TPSA) is 82.5 Å². The smallest absolute Gasteiger partial charge is 0.261 e. The van der Waals surface area contributed by atoms with Crippen LogP contribution in [-0.4, -0.2) is 36.2 Å². The molecule has 7 heteroatoms. The number of carbonyl (C=O) groups is 1. The fourth-order valence-corrected chi connectivity index (χ4v) is 2.63. The van der Waals surface area contributed by atoms with E-state index in [1.165, 1.54) is 25.1 Å². The molecule has 0 bridgehead atoms. The minimum absolute atomic E-state index is 0.129. The molecule has 1 N–H and O–H groups in total. The molecule has 0 saturated carbocycles. The number of aromatic nitrogens is 2. The number of benzene rings is 2. The summed E-state index contributed by atoms with van der Waals surface area (Å²) >= 11 is 0. The second-order valence-electron chi connectivity index (χ2n) is 5.59. The molecule has 7 nitrogen and oxygen atoms in total. The van der Waals surface area contributed by atoms with Crippen molar-refractivity contribution in [3.05, 3.63) is 64.7 Å². The van der Waals surface area contributed by atoms with Gasteiger partial charge >= 0.3 is 0 Å². The number of rotatable bonds is 6.